The zero-order valence-corrected chi connectivity index (χ0v) is 8.68. The van der Waals surface area contributed by atoms with Gasteiger partial charge in [-0.15, -0.1) is 16.3 Å². The molecule has 12 heavy (non-hydrogen) atoms. The molecule has 0 aliphatic carbocycles. The van der Waals surface area contributed by atoms with Gasteiger partial charge in [0.1, 0.15) is 5.02 Å². The maximum atomic E-state index is 11.1. The number of halogens is 4. The van der Waals surface area contributed by atoms with Gasteiger partial charge in [0.05, 0.1) is 11.4 Å². The van der Waals surface area contributed by atoms with Gasteiger partial charge in [-0.1, -0.05) is 11.6 Å². The van der Waals surface area contributed by atoms with E-state index in [-0.39, 0.29) is 21.2 Å². The van der Waals surface area contributed by atoms with Crippen molar-refractivity contribution in [1.29, 1.82) is 0 Å². The van der Waals surface area contributed by atoms with Crippen molar-refractivity contribution >= 4 is 46.4 Å². The van der Waals surface area contributed by atoms with E-state index in [1.54, 1.807) is 0 Å². The van der Waals surface area contributed by atoms with Crippen molar-refractivity contribution in [3.8, 4) is 0 Å². The van der Waals surface area contributed by atoms with Crippen LogP contribution in [0.1, 0.15) is 5.56 Å². The molecule has 66 valence electrons. The first-order chi connectivity index (χ1) is 5.57. The van der Waals surface area contributed by atoms with E-state index < -0.39 is 0 Å². The third-order valence-electron chi connectivity index (χ3n) is 1.26. The fourth-order valence-electron chi connectivity index (χ4n) is 0.679. The van der Waals surface area contributed by atoms with Crippen LogP contribution in [0.3, 0.4) is 0 Å². The number of alkyl halides is 1. The summed E-state index contributed by atoms with van der Waals surface area (Å²) in [6.45, 7) is 0. The van der Waals surface area contributed by atoms with Crippen molar-refractivity contribution in [2.45, 2.75) is 5.88 Å². The van der Waals surface area contributed by atoms with Gasteiger partial charge in [0, 0.05) is 0 Å². The van der Waals surface area contributed by atoms with Crippen molar-refractivity contribution < 1.29 is 4.73 Å². The van der Waals surface area contributed by atoms with E-state index in [2.05, 4.69) is 0 Å². The van der Waals surface area contributed by atoms with Crippen LogP contribution >= 0.6 is 46.4 Å². The minimum atomic E-state index is -0.143. The number of nitrogens with zero attached hydrogens (tertiary/aromatic N) is 1. The first-order valence-corrected chi connectivity index (χ1v) is 4.56. The third kappa shape index (κ3) is 1.72. The molecule has 1 aromatic rings. The van der Waals surface area contributed by atoms with Gasteiger partial charge in [-0.25, -0.2) is 0 Å². The van der Waals surface area contributed by atoms with Gasteiger partial charge >= 0.3 is 5.15 Å². The number of hydrogen-bond acceptors (Lipinski definition) is 1. The molecule has 0 aromatic carbocycles. The minimum Gasteiger partial charge on any atom is -0.617 e. The van der Waals surface area contributed by atoms with E-state index in [0.29, 0.717) is 10.3 Å². The van der Waals surface area contributed by atoms with Crippen molar-refractivity contribution in [3.63, 3.8) is 0 Å². The monoisotopic (exact) mass is 245 g/mol. The van der Waals surface area contributed by atoms with Gasteiger partial charge in [0.15, 0.2) is 0 Å². The Morgan fingerprint density at radius 1 is 1.25 bits per heavy atom. The lowest BCUT2D eigenvalue weighted by Crippen LogP contribution is -2.30. The molecule has 0 saturated carbocycles. The number of rotatable bonds is 1. The largest absolute Gasteiger partial charge is 0.617 e. The maximum absolute atomic E-state index is 11.1. The lowest BCUT2D eigenvalue weighted by Gasteiger charge is -2.04. The minimum absolute atomic E-state index is 0.0422. The highest BCUT2D eigenvalue weighted by Gasteiger charge is 2.17. The quantitative estimate of drug-likeness (QED) is 0.324. The maximum Gasteiger partial charge on any atom is 0.306 e. The standard InChI is InChI=1S/C6H3Cl4NO/c7-2-3-1-4(8)6(10)11(12)5(3)9/h1H,2H2. The normalized spacial score (nSPS) is 10.3. The molecule has 0 atom stereocenters. The average Bonchev–Trinajstić information content (AvgIpc) is 2.08. The summed E-state index contributed by atoms with van der Waals surface area (Å²) in [5.74, 6) is 0.123. The Labute approximate surface area is 89.2 Å². The van der Waals surface area contributed by atoms with Crippen LogP contribution in [-0.4, -0.2) is 0 Å². The highest BCUT2D eigenvalue weighted by molar-refractivity contribution is 6.41. The lowest BCUT2D eigenvalue weighted by molar-refractivity contribution is -0.600. The Morgan fingerprint density at radius 3 is 2.33 bits per heavy atom. The first kappa shape index (κ1) is 10.2. The molecule has 0 radical (unpaired) electrons. The van der Waals surface area contributed by atoms with Gasteiger partial charge in [-0.05, 0) is 29.3 Å². The summed E-state index contributed by atoms with van der Waals surface area (Å²) in [4.78, 5) is 0. The highest BCUT2D eigenvalue weighted by Crippen LogP contribution is 2.24. The Hall–Kier alpha value is 0.110. The Kier molecular flexibility index (Phi) is 3.29. The zero-order valence-electron chi connectivity index (χ0n) is 5.65. The van der Waals surface area contributed by atoms with Crippen LogP contribution < -0.4 is 4.73 Å². The summed E-state index contributed by atoms with van der Waals surface area (Å²) in [5.41, 5.74) is 0.461. The molecular weight excluding hydrogens is 244 g/mol. The summed E-state index contributed by atoms with van der Waals surface area (Å²) in [5, 5.41) is 11.0. The Morgan fingerprint density at radius 2 is 1.83 bits per heavy atom. The predicted molar refractivity (Wildman–Crippen MR) is 50.0 cm³/mol. The molecule has 0 bridgehead atoms. The summed E-state index contributed by atoms with van der Waals surface area (Å²) in [6.07, 6.45) is 0. The third-order valence-corrected chi connectivity index (χ3v) is 2.69. The number of pyridine rings is 1. The number of aromatic nitrogens is 1. The summed E-state index contributed by atoms with van der Waals surface area (Å²) in [7, 11) is 0. The van der Waals surface area contributed by atoms with Crippen molar-refractivity contribution in [3.05, 3.63) is 32.2 Å². The van der Waals surface area contributed by atoms with Crippen LogP contribution in [-0.2, 0) is 5.88 Å². The highest BCUT2D eigenvalue weighted by atomic mass is 35.5. The molecule has 0 unspecified atom stereocenters. The first-order valence-electron chi connectivity index (χ1n) is 2.89. The molecular formula is C6H3Cl4NO. The van der Waals surface area contributed by atoms with E-state index in [1.165, 1.54) is 6.07 Å². The molecule has 0 fully saturated rings. The SMILES string of the molecule is [O-][n+]1c(Cl)c(Cl)cc(CCl)c1Cl. The second-order valence-corrected chi connectivity index (χ2v) is 3.42. The van der Waals surface area contributed by atoms with E-state index in [9.17, 15) is 5.21 Å². The zero-order chi connectivity index (χ0) is 9.30. The number of hydrogen-bond donors (Lipinski definition) is 0. The average molecular weight is 247 g/mol. The predicted octanol–water partition coefficient (Wildman–Crippen LogP) is 3.02. The van der Waals surface area contributed by atoms with Gasteiger partial charge in [-0.3, -0.25) is 0 Å². The van der Waals surface area contributed by atoms with E-state index in [4.69, 9.17) is 46.4 Å². The second-order valence-electron chi connectivity index (χ2n) is 2.03. The molecule has 0 N–H and O–H groups in total. The molecule has 1 rings (SSSR count). The molecule has 2 nitrogen and oxygen atoms in total. The fourth-order valence-corrected chi connectivity index (χ4v) is 1.55. The van der Waals surface area contributed by atoms with Crippen LogP contribution in [0.15, 0.2) is 6.07 Å². The van der Waals surface area contributed by atoms with Crippen LogP contribution in [0.2, 0.25) is 15.3 Å². The van der Waals surface area contributed by atoms with E-state index in [1.807, 2.05) is 0 Å². The van der Waals surface area contributed by atoms with Gasteiger partial charge in [0.25, 0.3) is 5.15 Å². The fraction of sp³-hybridized carbons (Fsp3) is 0.167. The van der Waals surface area contributed by atoms with Gasteiger partial charge in [-0.2, -0.15) is 0 Å². The molecule has 6 heteroatoms. The second kappa shape index (κ2) is 3.88. The van der Waals surface area contributed by atoms with Crippen molar-refractivity contribution in [2.75, 3.05) is 0 Å². The Bertz CT molecular complexity index is 315. The molecule has 0 saturated heterocycles. The van der Waals surface area contributed by atoms with Gasteiger partial charge in [0.2, 0.25) is 0 Å². The molecule has 0 aliphatic heterocycles. The van der Waals surface area contributed by atoms with E-state index in [0.717, 1.165) is 0 Å². The molecule has 1 aromatic heterocycles. The topological polar surface area (TPSA) is 26.9 Å². The Balaban J connectivity index is 3.39. The van der Waals surface area contributed by atoms with Crippen LogP contribution in [0.4, 0.5) is 0 Å². The smallest absolute Gasteiger partial charge is 0.306 e. The summed E-state index contributed by atoms with van der Waals surface area (Å²) in [6, 6.07) is 1.47. The molecule has 0 amide bonds. The van der Waals surface area contributed by atoms with Crippen LogP contribution in [0.5, 0.6) is 0 Å². The van der Waals surface area contributed by atoms with E-state index >= 15 is 0 Å². The molecule has 1 heterocycles. The molecule has 0 aliphatic rings. The van der Waals surface area contributed by atoms with Crippen LogP contribution in [0.25, 0.3) is 0 Å². The van der Waals surface area contributed by atoms with Crippen molar-refractivity contribution in [1.82, 2.24) is 0 Å². The summed E-state index contributed by atoms with van der Waals surface area (Å²) >= 11 is 22.2. The van der Waals surface area contributed by atoms with Gasteiger partial charge < -0.3 is 5.21 Å². The molecule has 0 spiro atoms. The van der Waals surface area contributed by atoms with Crippen LogP contribution in [0, 0.1) is 5.21 Å². The lowest BCUT2D eigenvalue weighted by atomic mass is 10.3. The van der Waals surface area contributed by atoms with Crippen molar-refractivity contribution in [2.24, 2.45) is 0 Å². The summed E-state index contributed by atoms with van der Waals surface area (Å²) < 4.78 is 0.336.